The smallest absolute Gasteiger partial charge is 0.249 e. The first-order chi connectivity index (χ1) is 14.0. The Morgan fingerprint density at radius 2 is 1.76 bits per heavy atom. The first-order valence-electron chi connectivity index (χ1n) is 10.6. The fourth-order valence-electron chi connectivity index (χ4n) is 4.68. The Bertz CT molecular complexity index is 757. The van der Waals surface area contributed by atoms with Crippen LogP contribution in [0.5, 0.6) is 0 Å². The minimum absolute atomic E-state index is 0.259. The van der Waals surface area contributed by atoms with Crippen LogP contribution >= 0.6 is 0 Å². The quantitative estimate of drug-likeness (QED) is 0.659. The Morgan fingerprint density at radius 3 is 2.41 bits per heavy atom. The van der Waals surface area contributed by atoms with Crippen molar-refractivity contribution in [1.29, 1.82) is 0 Å². The number of rotatable bonds is 4. The van der Waals surface area contributed by atoms with Crippen molar-refractivity contribution >= 4 is 23.2 Å². The second kappa shape index (κ2) is 8.67. The van der Waals surface area contributed by atoms with E-state index in [1.165, 1.54) is 6.07 Å². The molecule has 0 aromatic heterocycles. The zero-order valence-corrected chi connectivity index (χ0v) is 16.7. The monoisotopic (exact) mass is 403 g/mol. The summed E-state index contributed by atoms with van der Waals surface area (Å²) in [6.07, 6.45) is 5.23. The maximum Gasteiger partial charge on any atom is 0.249 e. The normalized spacial score (nSPS) is 28.9. The standard InChI is InChI=1S/C21H30FN5O2/c22-17-13-15(24-18-6-8-20(28)25-21(18)29)3-7-19(17)27-11-9-26(10-12-27)16-4-1-14(23)2-5-16/h3,7,13-14,16,18,24H,1-2,4-6,8-12,23H2,(H,25,28,29)/t14-,16-,18?. The second-order valence-corrected chi connectivity index (χ2v) is 8.41. The van der Waals surface area contributed by atoms with Gasteiger partial charge in [-0.25, -0.2) is 4.39 Å². The van der Waals surface area contributed by atoms with E-state index in [1.54, 1.807) is 12.1 Å². The highest BCUT2D eigenvalue weighted by atomic mass is 19.1. The van der Waals surface area contributed by atoms with Gasteiger partial charge in [-0.15, -0.1) is 0 Å². The van der Waals surface area contributed by atoms with Crippen molar-refractivity contribution in [3.8, 4) is 0 Å². The third-order valence-corrected chi connectivity index (χ3v) is 6.44. The summed E-state index contributed by atoms with van der Waals surface area (Å²) < 4.78 is 14.8. The summed E-state index contributed by atoms with van der Waals surface area (Å²) in [5.74, 6) is -0.908. The van der Waals surface area contributed by atoms with Crippen LogP contribution in [0.1, 0.15) is 38.5 Å². The highest BCUT2D eigenvalue weighted by molar-refractivity contribution is 6.01. The number of piperidine rings is 1. The van der Waals surface area contributed by atoms with Gasteiger partial charge in [0, 0.05) is 50.4 Å². The lowest BCUT2D eigenvalue weighted by Gasteiger charge is -2.42. The predicted molar refractivity (Wildman–Crippen MR) is 110 cm³/mol. The number of carbonyl (C=O) groups is 2. The fraction of sp³-hybridized carbons (Fsp3) is 0.619. The number of hydrogen-bond acceptors (Lipinski definition) is 6. The molecule has 2 heterocycles. The van der Waals surface area contributed by atoms with E-state index >= 15 is 0 Å². The Kier molecular flexibility index (Phi) is 6.01. The number of hydrogen-bond donors (Lipinski definition) is 3. The highest BCUT2D eigenvalue weighted by Crippen LogP contribution is 2.27. The molecule has 7 nitrogen and oxygen atoms in total. The molecule has 1 aromatic rings. The van der Waals surface area contributed by atoms with Gasteiger partial charge in [0.05, 0.1) is 5.69 Å². The third kappa shape index (κ3) is 4.70. The molecule has 0 bridgehead atoms. The minimum atomic E-state index is -0.509. The van der Waals surface area contributed by atoms with Crippen molar-refractivity contribution in [2.45, 2.75) is 56.7 Å². The number of nitrogens with two attached hydrogens (primary N) is 1. The Hall–Kier alpha value is -2.19. The molecule has 2 aliphatic heterocycles. The van der Waals surface area contributed by atoms with Gasteiger partial charge in [-0.05, 0) is 50.3 Å². The Morgan fingerprint density at radius 1 is 1.03 bits per heavy atom. The lowest BCUT2D eigenvalue weighted by molar-refractivity contribution is -0.133. The Labute approximate surface area is 170 Å². The molecule has 1 aliphatic carbocycles. The summed E-state index contributed by atoms with van der Waals surface area (Å²) in [6.45, 7) is 3.49. The number of halogens is 1. The molecule has 2 amide bonds. The van der Waals surface area contributed by atoms with Crippen LogP contribution in [0.3, 0.4) is 0 Å². The molecule has 158 valence electrons. The molecule has 4 rings (SSSR count). The maximum absolute atomic E-state index is 14.8. The first-order valence-corrected chi connectivity index (χ1v) is 10.6. The van der Waals surface area contributed by atoms with Crippen LogP contribution in [0, 0.1) is 5.82 Å². The number of piperazine rings is 1. The molecular formula is C21H30FN5O2. The van der Waals surface area contributed by atoms with E-state index in [2.05, 4.69) is 20.4 Å². The average Bonchev–Trinajstić information content (AvgIpc) is 2.71. The topological polar surface area (TPSA) is 90.7 Å². The molecule has 1 saturated carbocycles. The summed E-state index contributed by atoms with van der Waals surface area (Å²) in [6, 6.07) is 5.48. The fourth-order valence-corrected chi connectivity index (χ4v) is 4.68. The van der Waals surface area contributed by atoms with Gasteiger partial charge in [-0.2, -0.15) is 0 Å². The van der Waals surface area contributed by atoms with Crippen LogP contribution in [0.15, 0.2) is 18.2 Å². The van der Waals surface area contributed by atoms with E-state index in [9.17, 15) is 14.0 Å². The van der Waals surface area contributed by atoms with Crippen LogP contribution in [0.4, 0.5) is 15.8 Å². The number of nitrogens with one attached hydrogen (secondary N) is 2. The number of amides is 2. The van der Waals surface area contributed by atoms with E-state index in [0.717, 1.165) is 51.9 Å². The molecular weight excluding hydrogens is 373 g/mol. The van der Waals surface area contributed by atoms with Crippen LogP contribution < -0.4 is 21.3 Å². The predicted octanol–water partition coefficient (Wildman–Crippen LogP) is 1.43. The summed E-state index contributed by atoms with van der Waals surface area (Å²) in [4.78, 5) is 27.7. The lowest BCUT2D eigenvalue weighted by atomic mass is 9.90. The first kappa shape index (κ1) is 20.1. The highest BCUT2D eigenvalue weighted by Gasteiger charge is 2.29. The second-order valence-electron chi connectivity index (χ2n) is 8.41. The van der Waals surface area contributed by atoms with Crippen molar-refractivity contribution in [2.75, 3.05) is 36.4 Å². The van der Waals surface area contributed by atoms with E-state index in [1.807, 2.05) is 0 Å². The van der Waals surface area contributed by atoms with Gasteiger partial charge < -0.3 is 16.0 Å². The molecule has 29 heavy (non-hydrogen) atoms. The van der Waals surface area contributed by atoms with Crippen molar-refractivity contribution in [2.24, 2.45) is 5.73 Å². The van der Waals surface area contributed by atoms with Crippen LogP contribution in [-0.2, 0) is 9.59 Å². The largest absolute Gasteiger partial charge is 0.374 e. The van der Waals surface area contributed by atoms with Crippen LogP contribution in [0.2, 0.25) is 0 Å². The van der Waals surface area contributed by atoms with E-state index < -0.39 is 6.04 Å². The molecule has 0 radical (unpaired) electrons. The number of imide groups is 1. The van der Waals surface area contributed by atoms with E-state index in [4.69, 9.17) is 5.73 Å². The summed E-state index contributed by atoms with van der Waals surface area (Å²) in [5.41, 5.74) is 7.17. The molecule has 4 N–H and O–H groups in total. The van der Waals surface area contributed by atoms with Gasteiger partial charge >= 0.3 is 0 Å². The molecule has 1 aromatic carbocycles. The van der Waals surface area contributed by atoms with Gasteiger partial charge in [-0.3, -0.25) is 19.8 Å². The van der Waals surface area contributed by atoms with Gasteiger partial charge in [0.1, 0.15) is 11.9 Å². The van der Waals surface area contributed by atoms with Crippen molar-refractivity contribution in [3.63, 3.8) is 0 Å². The number of anilines is 2. The summed E-state index contributed by atoms with van der Waals surface area (Å²) in [7, 11) is 0. The maximum atomic E-state index is 14.8. The van der Waals surface area contributed by atoms with Crippen molar-refractivity contribution in [1.82, 2.24) is 10.2 Å². The summed E-state index contributed by atoms with van der Waals surface area (Å²) >= 11 is 0. The summed E-state index contributed by atoms with van der Waals surface area (Å²) in [5, 5.41) is 5.34. The van der Waals surface area contributed by atoms with Gasteiger partial charge in [0.15, 0.2) is 0 Å². The van der Waals surface area contributed by atoms with E-state index in [0.29, 0.717) is 36.3 Å². The lowest BCUT2D eigenvalue weighted by Crippen LogP contribution is -2.52. The molecule has 2 saturated heterocycles. The Balaban J connectivity index is 1.33. The molecule has 8 heteroatoms. The molecule has 1 atom stereocenters. The third-order valence-electron chi connectivity index (χ3n) is 6.44. The zero-order chi connectivity index (χ0) is 20.4. The molecule has 3 aliphatic rings. The van der Waals surface area contributed by atoms with Crippen molar-refractivity contribution < 1.29 is 14.0 Å². The molecule has 3 fully saturated rings. The van der Waals surface area contributed by atoms with Gasteiger partial charge in [0.25, 0.3) is 0 Å². The average molecular weight is 404 g/mol. The van der Waals surface area contributed by atoms with E-state index in [-0.39, 0.29) is 17.6 Å². The van der Waals surface area contributed by atoms with Crippen LogP contribution in [0.25, 0.3) is 0 Å². The van der Waals surface area contributed by atoms with Crippen LogP contribution in [-0.4, -0.2) is 61.0 Å². The van der Waals surface area contributed by atoms with Gasteiger partial charge in [-0.1, -0.05) is 0 Å². The molecule has 1 unspecified atom stereocenters. The zero-order valence-electron chi connectivity index (χ0n) is 16.7. The number of benzene rings is 1. The molecule has 0 spiro atoms. The van der Waals surface area contributed by atoms with Crippen molar-refractivity contribution in [3.05, 3.63) is 24.0 Å². The minimum Gasteiger partial charge on any atom is -0.374 e. The number of nitrogens with zero attached hydrogens (tertiary/aromatic N) is 2. The number of carbonyl (C=O) groups excluding carboxylic acids is 2. The SMILES string of the molecule is N[C@H]1CC[C@H](N2CCN(c3ccc(NC4CCC(=O)NC4=O)cc3F)CC2)CC1. The van der Waals surface area contributed by atoms with Gasteiger partial charge in [0.2, 0.25) is 11.8 Å².